The molecule has 0 unspecified atom stereocenters. The highest BCUT2D eigenvalue weighted by atomic mass is 16.5. The fraction of sp³-hybridized carbons (Fsp3) is 0.333. The molecule has 1 fully saturated rings. The molecule has 5 heteroatoms. The highest BCUT2D eigenvalue weighted by Crippen LogP contribution is 2.25. The molecule has 1 aliphatic rings. The first kappa shape index (κ1) is 15.5. The molecule has 1 N–H and O–H groups in total. The number of benzene rings is 1. The summed E-state index contributed by atoms with van der Waals surface area (Å²) in [6.07, 6.45) is 5.47. The molecular formula is C18H20N2O3. The Hall–Kier alpha value is -2.40. The van der Waals surface area contributed by atoms with Gasteiger partial charge < -0.3 is 14.8 Å². The van der Waals surface area contributed by atoms with Crippen molar-refractivity contribution in [2.24, 2.45) is 0 Å². The summed E-state index contributed by atoms with van der Waals surface area (Å²) in [6.45, 7) is 3.18. The monoisotopic (exact) mass is 312 g/mol. The summed E-state index contributed by atoms with van der Waals surface area (Å²) in [5.74, 6) is 0.460. The lowest BCUT2D eigenvalue weighted by Gasteiger charge is -2.15. The summed E-state index contributed by atoms with van der Waals surface area (Å²) < 4.78 is 11.4. The smallest absolute Gasteiger partial charge is 0.257 e. The lowest BCUT2D eigenvalue weighted by molar-refractivity contribution is 0.0682. The van der Waals surface area contributed by atoms with Crippen molar-refractivity contribution < 1.29 is 14.3 Å². The van der Waals surface area contributed by atoms with Crippen molar-refractivity contribution in [3.05, 3.63) is 53.9 Å². The van der Waals surface area contributed by atoms with Crippen molar-refractivity contribution in [2.45, 2.75) is 25.9 Å². The van der Waals surface area contributed by atoms with Gasteiger partial charge >= 0.3 is 0 Å². The standard InChI is InChI=1S/C18H20N2O3/c1-13-8-9-19-11-15(13)18(21)20-16-6-2-3-7-17(16)23-12-14-5-4-10-22-14/h2-3,6-9,11,14H,4-5,10,12H2,1H3,(H,20,21)/t14-/m1/s1. The van der Waals surface area contributed by atoms with E-state index >= 15 is 0 Å². The molecule has 3 rings (SSSR count). The maximum Gasteiger partial charge on any atom is 0.257 e. The van der Waals surface area contributed by atoms with E-state index in [-0.39, 0.29) is 12.0 Å². The second-order valence-corrected chi connectivity index (χ2v) is 5.59. The van der Waals surface area contributed by atoms with E-state index in [9.17, 15) is 4.79 Å². The number of anilines is 1. The number of carbonyl (C=O) groups is 1. The summed E-state index contributed by atoms with van der Waals surface area (Å²) in [5, 5.41) is 2.90. The Labute approximate surface area is 135 Å². The molecule has 2 heterocycles. The number of hydrogen-bond donors (Lipinski definition) is 1. The van der Waals surface area contributed by atoms with Gasteiger partial charge in [0, 0.05) is 19.0 Å². The van der Waals surface area contributed by atoms with Crippen molar-refractivity contribution >= 4 is 11.6 Å². The molecule has 0 saturated carbocycles. The van der Waals surface area contributed by atoms with Crippen LogP contribution in [-0.2, 0) is 4.74 Å². The van der Waals surface area contributed by atoms with E-state index in [2.05, 4.69) is 10.3 Å². The molecule has 1 aromatic heterocycles. The van der Waals surface area contributed by atoms with Gasteiger partial charge in [0.25, 0.3) is 5.91 Å². The fourth-order valence-electron chi connectivity index (χ4n) is 2.55. The Balaban J connectivity index is 1.70. The molecule has 1 aromatic carbocycles. The van der Waals surface area contributed by atoms with Gasteiger partial charge in [-0.2, -0.15) is 0 Å². The van der Waals surface area contributed by atoms with E-state index in [1.165, 1.54) is 0 Å². The first-order valence-corrected chi connectivity index (χ1v) is 7.79. The molecule has 0 radical (unpaired) electrons. The topological polar surface area (TPSA) is 60.5 Å². The summed E-state index contributed by atoms with van der Waals surface area (Å²) in [4.78, 5) is 16.4. The molecule has 5 nitrogen and oxygen atoms in total. The number of pyridine rings is 1. The third kappa shape index (κ3) is 3.87. The van der Waals surface area contributed by atoms with Crippen molar-refractivity contribution in [2.75, 3.05) is 18.5 Å². The minimum Gasteiger partial charge on any atom is -0.489 e. The summed E-state index contributed by atoms with van der Waals surface area (Å²) in [6, 6.07) is 9.24. The molecule has 0 aliphatic carbocycles. The zero-order valence-electron chi connectivity index (χ0n) is 13.1. The quantitative estimate of drug-likeness (QED) is 0.921. The van der Waals surface area contributed by atoms with E-state index in [4.69, 9.17) is 9.47 Å². The highest BCUT2D eigenvalue weighted by Gasteiger charge is 2.17. The van der Waals surface area contributed by atoms with Crippen molar-refractivity contribution in [3.8, 4) is 5.75 Å². The van der Waals surface area contributed by atoms with E-state index in [0.29, 0.717) is 23.6 Å². The van der Waals surface area contributed by atoms with E-state index in [1.54, 1.807) is 12.4 Å². The second-order valence-electron chi connectivity index (χ2n) is 5.59. The van der Waals surface area contributed by atoms with E-state index in [1.807, 2.05) is 37.3 Å². The van der Waals surface area contributed by atoms with Crippen LogP contribution in [0.15, 0.2) is 42.7 Å². The number of amides is 1. The first-order chi connectivity index (χ1) is 11.2. The molecule has 2 aromatic rings. The molecular weight excluding hydrogens is 292 g/mol. The third-order valence-electron chi connectivity index (χ3n) is 3.87. The van der Waals surface area contributed by atoms with Crippen LogP contribution >= 0.6 is 0 Å². The fourth-order valence-corrected chi connectivity index (χ4v) is 2.55. The van der Waals surface area contributed by atoms with Crippen molar-refractivity contribution in [3.63, 3.8) is 0 Å². The zero-order chi connectivity index (χ0) is 16.1. The second kappa shape index (κ2) is 7.24. The Bertz CT molecular complexity index is 681. The third-order valence-corrected chi connectivity index (χ3v) is 3.87. The van der Waals surface area contributed by atoms with Gasteiger partial charge in [-0.3, -0.25) is 9.78 Å². The van der Waals surface area contributed by atoms with Gasteiger partial charge in [0.2, 0.25) is 0 Å². The molecule has 1 saturated heterocycles. The number of ether oxygens (including phenoxy) is 2. The molecule has 0 spiro atoms. The maximum absolute atomic E-state index is 12.4. The van der Waals surface area contributed by atoms with Gasteiger partial charge in [0.1, 0.15) is 12.4 Å². The number of rotatable bonds is 5. The minimum absolute atomic E-state index is 0.138. The van der Waals surface area contributed by atoms with Gasteiger partial charge in [-0.15, -0.1) is 0 Å². The Kier molecular flexibility index (Phi) is 4.88. The Morgan fingerprint density at radius 3 is 3.04 bits per heavy atom. The van der Waals surface area contributed by atoms with Gasteiger partial charge in [-0.25, -0.2) is 0 Å². The van der Waals surface area contributed by atoms with Crippen LogP contribution in [0, 0.1) is 6.92 Å². The lowest BCUT2D eigenvalue weighted by atomic mass is 10.1. The van der Waals surface area contributed by atoms with Crippen LogP contribution < -0.4 is 10.1 Å². The number of aryl methyl sites for hydroxylation is 1. The number of carbonyl (C=O) groups excluding carboxylic acids is 1. The van der Waals surface area contributed by atoms with E-state index < -0.39 is 0 Å². The predicted octanol–water partition coefficient (Wildman–Crippen LogP) is 3.20. The van der Waals surface area contributed by atoms with Crippen LogP contribution in [0.1, 0.15) is 28.8 Å². The molecule has 23 heavy (non-hydrogen) atoms. The SMILES string of the molecule is Cc1ccncc1C(=O)Nc1ccccc1OC[C@H]1CCCO1. The number of hydrogen-bond acceptors (Lipinski definition) is 4. The Morgan fingerprint density at radius 2 is 2.26 bits per heavy atom. The highest BCUT2D eigenvalue weighted by molar-refractivity contribution is 6.05. The molecule has 1 atom stereocenters. The number of nitrogens with one attached hydrogen (secondary N) is 1. The summed E-state index contributed by atoms with van der Waals surface area (Å²) in [7, 11) is 0. The van der Waals surface area contributed by atoms with Crippen molar-refractivity contribution in [1.29, 1.82) is 0 Å². The largest absolute Gasteiger partial charge is 0.489 e. The summed E-state index contributed by atoms with van der Waals surface area (Å²) in [5.41, 5.74) is 2.09. The van der Waals surface area contributed by atoms with Gasteiger partial charge in [0.15, 0.2) is 0 Å². The number of nitrogens with zero attached hydrogens (tertiary/aromatic N) is 1. The molecule has 0 bridgehead atoms. The van der Waals surface area contributed by atoms with Crippen LogP contribution in [0.5, 0.6) is 5.75 Å². The van der Waals surface area contributed by atoms with Crippen molar-refractivity contribution in [1.82, 2.24) is 4.98 Å². The number of para-hydroxylation sites is 2. The maximum atomic E-state index is 12.4. The average Bonchev–Trinajstić information content (AvgIpc) is 3.08. The normalized spacial score (nSPS) is 17.0. The average molecular weight is 312 g/mol. The zero-order valence-corrected chi connectivity index (χ0v) is 13.1. The first-order valence-electron chi connectivity index (χ1n) is 7.79. The van der Waals surface area contributed by atoms with Gasteiger partial charge in [-0.05, 0) is 43.5 Å². The van der Waals surface area contributed by atoms with E-state index in [0.717, 1.165) is 25.0 Å². The van der Waals surface area contributed by atoms with Crippen LogP contribution in [0.3, 0.4) is 0 Å². The summed E-state index contributed by atoms with van der Waals surface area (Å²) >= 11 is 0. The lowest BCUT2D eigenvalue weighted by Crippen LogP contribution is -2.18. The van der Waals surface area contributed by atoms with Crippen LogP contribution in [0.4, 0.5) is 5.69 Å². The van der Waals surface area contributed by atoms with Crippen LogP contribution in [0.2, 0.25) is 0 Å². The van der Waals surface area contributed by atoms with Crippen LogP contribution in [0.25, 0.3) is 0 Å². The predicted molar refractivity (Wildman–Crippen MR) is 87.8 cm³/mol. The minimum atomic E-state index is -0.191. The molecule has 1 amide bonds. The number of aromatic nitrogens is 1. The molecule has 1 aliphatic heterocycles. The Morgan fingerprint density at radius 1 is 1.39 bits per heavy atom. The molecule has 120 valence electrons. The van der Waals surface area contributed by atoms with Crippen LogP contribution in [-0.4, -0.2) is 30.2 Å². The van der Waals surface area contributed by atoms with Gasteiger partial charge in [0.05, 0.1) is 17.4 Å². The van der Waals surface area contributed by atoms with Gasteiger partial charge in [-0.1, -0.05) is 12.1 Å².